The van der Waals surface area contributed by atoms with Gasteiger partial charge in [-0.15, -0.1) is 0 Å². The van der Waals surface area contributed by atoms with Crippen LogP contribution in [0.4, 0.5) is 5.69 Å². The molecule has 1 saturated heterocycles. The third-order valence-corrected chi connectivity index (χ3v) is 6.32. The van der Waals surface area contributed by atoms with E-state index in [0.29, 0.717) is 19.6 Å². The van der Waals surface area contributed by atoms with E-state index in [9.17, 15) is 13.2 Å². The molecule has 8 heteroatoms. The predicted octanol–water partition coefficient (Wildman–Crippen LogP) is 2.11. The molecular formula is C18H24N4O3S. The lowest BCUT2D eigenvalue weighted by Crippen LogP contribution is -2.35. The number of anilines is 1. The molecule has 7 nitrogen and oxygen atoms in total. The van der Waals surface area contributed by atoms with Crippen LogP contribution in [0.25, 0.3) is 0 Å². The Kier molecular flexibility index (Phi) is 5.73. The molecule has 1 aromatic carbocycles. The number of carbonyl (C=O) groups excluding carboxylic acids is 1. The number of hydrogen-bond acceptors (Lipinski definition) is 4. The van der Waals surface area contributed by atoms with Gasteiger partial charge in [-0.05, 0) is 31.9 Å². The van der Waals surface area contributed by atoms with Crippen molar-refractivity contribution >= 4 is 21.6 Å². The van der Waals surface area contributed by atoms with Crippen LogP contribution in [0.3, 0.4) is 0 Å². The van der Waals surface area contributed by atoms with Crippen molar-refractivity contribution in [2.75, 3.05) is 24.5 Å². The van der Waals surface area contributed by atoms with Gasteiger partial charge in [0.1, 0.15) is 6.54 Å². The van der Waals surface area contributed by atoms with E-state index in [-0.39, 0.29) is 17.5 Å². The lowest BCUT2D eigenvalue weighted by atomic mass is 10.2. The number of aromatic nitrogens is 2. The largest absolute Gasteiger partial charge is 0.327 e. The number of para-hydroxylation sites is 1. The van der Waals surface area contributed by atoms with Crippen LogP contribution >= 0.6 is 0 Å². The maximum Gasteiger partial charge on any atom is 0.262 e. The predicted molar refractivity (Wildman–Crippen MR) is 99.3 cm³/mol. The average Bonchev–Trinajstić information content (AvgIpc) is 3.13. The Morgan fingerprint density at radius 1 is 1.15 bits per heavy atom. The molecule has 0 saturated carbocycles. The molecule has 2 aromatic rings. The summed E-state index contributed by atoms with van der Waals surface area (Å²) in [6.07, 6.45) is 5.66. The highest BCUT2D eigenvalue weighted by Gasteiger charge is 2.28. The summed E-state index contributed by atoms with van der Waals surface area (Å²) in [4.78, 5) is 18.3. The number of likely N-dealkylation sites (N-methyl/N-ethyl adjacent to an activating group) is 1. The van der Waals surface area contributed by atoms with Crippen LogP contribution in [0, 0.1) is 0 Å². The fourth-order valence-corrected chi connectivity index (χ4v) is 4.60. The molecular weight excluding hydrogens is 352 g/mol. The molecule has 26 heavy (non-hydrogen) atoms. The molecule has 0 unspecified atom stereocenters. The van der Waals surface area contributed by atoms with Gasteiger partial charge in [-0.2, -0.15) is 4.31 Å². The first-order valence-electron chi connectivity index (χ1n) is 8.89. The van der Waals surface area contributed by atoms with E-state index < -0.39 is 10.0 Å². The van der Waals surface area contributed by atoms with Gasteiger partial charge in [0.05, 0.1) is 6.33 Å². The number of hydrogen-bond donors (Lipinski definition) is 0. The van der Waals surface area contributed by atoms with Crippen LogP contribution in [0.15, 0.2) is 47.9 Å². The Balaban J connectivity index is 1.72. The molecule has 1 amide bonds. The van der Waals surface area contributed by atoms with Gasteiger partial charge >= 0.3 is 0 Å². The zero-order valence-corrected chi connectivity index (χ0v) is 15.7. The molecule has 0 aliphatic carbocycles. The van der Waals surface area contributed by atoms with E-state index in [4.69, 9.17) is 0 Å². The quantitative estimate of drug-likeness (QED) is 0.774. The summed E-state index contributed by atoms with van der Waals surface area (Å²) in [5.41, 5.74) is 0.821. The van der Waals surface area contributed by atoms with Gasteiger partial charge in [-0.3, -0.25) is 4.79 Å². The average molecular weight is 376 g/mol. The topological polar surface area (TPSA) is 75.5 Å². The maximum absolute atomic E-state index is 12.7. The number of benzene rings is 1. The van der Waals surface area contributed by atoms with E-state index in [1.165, 1.54) is 21.4 Å². The lowest BCUT2D eigenvalue weighted by Gasteiger charge is -2.24. The molecule has 3 rings (SSSR count). The molecule has 140 valence electrons. The zero-order valence-electron chi connectivity index (χ0n) is 14.9. The first-order valence-corrected chi connectivity index (χ1v) is 10.3. The minimum Gasteiger partial charge on any atom is -0.327 e. The van der Waals surface area contributed by atoms with Gasteiger partial charge in [0.2, 0.25) is 5.91 Å². The van der Waals surface area contributed by atoms with Crippen molar-refractivity contribution in [3.8, 4) is 0 Å². The number of carbonyl (C=O) groups is 1. The monoisotopic (exact) mass is 376 g/mol. The van der Waals surface area contributed by atoms with Crippen LogP contribution in [-0.4, -0.2) is 47.8 Å². The third-order valence-electron chi connectivity index (χ3n) is 4.53. The van der Waals surface area contributed by atoms with Gasteiger partial charge in [0, 0.05) is 31.5 Å². The van der Waals surface area contributed by atoms with E-state index in [1.807, 2.05) is 37.3 Å². The molecule has 0 N–H and O–H groups in total. The second-order valence-electron chi connectivity index (χ2n) is 6.32. The Morgan fingerprint density at radius 2 is 1.85 bits per heavy atom. The van der Waals surface area contributed by atoms with E-state index in [1.54, 1.807) is 4.90 Å². The molecule has 1 aliphatic rings. The molecule has 1 fully saturated rings. The summed E-state index contributed by atoms with van der Waals surface area (Å²) in [6.45, 7) is 3.56. The standard InChI is InChI=1S/C18H24N4O3S/c1-2-22(16-9-5-3-6-10-16)18(23)14-20-13-17(19-15-20)26(24,25)21-11-7-4-8-12-21/h3,5-6,9-10,13,15H,2,4,7-8,11-12,14H2,1H3. The Bertz CT molecular complexity index is 842. The first kappa shape index (κ1) is 18.6. The molecule has 1 aliphatic heterocycles. The number of sulfonamides is 1. The highest BCUT2D eigenvalue weighted by Crippen LogP contribution is 2.19. The summed E-state index contributed by atoms with van der Waals surface area (Å²) in [5.74, 6) is -0.113. The summed E-state index contributed by atoms with van der Waals surface area (Å²) in [7, 11) is -3.58. The van der Waals surface area contributed by atoms with Crippen LogP contribution in [0.1, 0.15) is 26.2 Å². The first-order chi connectivity index (χ1) is 12.5. The van der Waals surface area contributed by atoms with Crippen molar-refractivity contribution in [3.63, 3.8) is 0 Å². The minimum absolute atomic E-state index is 0.00922. The van der Waals surface area contributed by atoms with Crippen LogP contribution in [0.5, 0.6) is 0 Å². The third kappa shape index (κ3) is 3.96. The molecule has 2 heterocycles. The summed E-state index contributed by atoms with van der Waals surface area (Å²) < 4.78 is 28.3. The van der Waals surface area contributed by atoms with Crippen molar-refractivity contribution in [1.29, 1.82) is 0 Å². The summed E-state index contributed by atoms with van der Waals surface area (Å²) in [5, 5.41) is 0.00922. The number of amides is 1. The van der Waals surface area contributed by atoms with Crippen LogP contribution in [0.2, 0.25) is 0 Å². The second-order valence-corrected chi connectivity index (χ2v) is 8.21. The zero-order chi connectivity index (χ0) is 18.6. The van der Waals surface area contributed by atoms with Crippen molar-refractivity contribution in [3.05, 3.63) is 42.9 Å². The number of imidazole rings is 1. The van der Waals surface area contributed by atoms with Crippen molar-refractivity contribution in [2.45, 2.75) is 37.8 Å². The summed E-state index contributed by atoms with van der Waals surface area (Å²) >= 11 is 0. The second kappa shape index (κ2) is 8.01. The normalized spacial score (nSPS) is 15.7. The minimum atomic E-state index is -3.58. The SMILES string of the molecule is CCN(C(=O)Cn1cnc(S(=O)(=O)N2CCCCC2)c1)c1ccccc1. The lowest BCUT2D eigenvalue weighted by molar-refractivity contribution is -0.119. The summed E-state index contributed by atoms with van der Waals surface area (Å²) in [6, 6.07) is 9.41. The highest BCUT2D eigenvalue weighted by molar-refractivity contribution is 7.89. The Morgan fingerprint density at radius 3 is 2.50 bits per heavy atom. The van der Waals surface area contributed by atoms with Crippen molar-refractivity contribution < 1.29 is 13.2 Å². The van der Waals surface area contributed by atoms with Gasteiger partial charge in [0.15, 0.2) is 5.03 Å². The van der Waals surface area contributed by atoms with Crippen LogP contribution < -0.4 is 4.90 Å². The fourth-order valence-electron chi connectivity index (χ4n) is 3.15. The van der Waals surface area contributed by atoms with E-state index in [0.717, 1.165) is 24.9 Å². The van der Waals surface area contributed by atoms with E-state index >= 15 is 0 Å². The number of nitrogens with zero attached hydrogens (tertiary/aromatic N) is 4. The highest BCUT2D eigenvalue weighted by atomic mass is 32.2. The molecule has 0 atom stereocenters. The molecule has 0 spiro atoms. The Hall–Kier alpha value is -2.19. The smallest absolute Gasteiger partial charge is 0.262 e. The maximum atomic E-state index is 12.7. The molecule has 0 bridgehead atoms. The Labute approximate surface area is 154 Å². The van der Waals surface area contributed by atoms with Gasteiger partial charge in [-0.25, -0.2) is 13.4 Å². The molecule has 0 radical (unpaired) electrons. The van der Waals surface area contributed by atoms with Crippen molar-refractivity contribution in [2.24, 2.45) is 0 Å². The van der Waals surface area contributed by atoms with Crippen molar-refractivity contribution in [1.82, 2.24) is 13.9 Å². The van der Waals surface area contributed by atoms with Crippen LogP contribution in [-0.2, 0) is 21.4 Å². The molecule has 1 aromatic heterocycles. The fraction of sp³-hybridized carbons (Fsp3) is 0.444. The van der Waals surface area contributed by atoms with E-state index in [2.05, 4.69) is 4.98 Å². The number of rotatable bonds is 6. The van der Waals surface area contributed by atoms with Gasteiger partial charge < -0.3 is 9.47 Å². The van der Waals surface area contributed by atoms with Gasteiger partial charge in [-0.1, -0.05) is 24.6 Å². The van der Waals surface area contributed by atoms with Gasteiger partial charge in [0.25, 0.3) is 10.0 Å². The number of piperidine rings is 1.